The molecule has 0 fully saturated rings. The molecule has 0 radical (unpaired) electrons. The number of nitrogens with two attached hydrogens (primary N) is 1. The fraction of sp³-hybridized carbons (Fsp3) is 0.364. The van der Waals surface area contributed by atoms with E-state index in [1.807, 2.05) is 26.8 Å². The number of rotatable bonds is 1. The van der Waals surface area contributed by atoms with E-state index in [1.165, 1.54) is 6.20 Å². The molecule has 0 saturated carbocycles. The van der Waals surface area contributed by atoms with Crippen LogP contribution in [0.1, 0.15) is 32.4 Å². The molecule has 0 amide bonds. The molecule has 2 N–H and O–H groups in total. The number of aromatic nitrogens is 4. The second kappa shape index (κ2) is 4.07. The second-order valence-corrected chi connectivity index (χ2v) is 4.76. The Morgan fingerprint density at radius 3 is 2.61 bits per heavy atom. The highest BCUT2D eigenvalue weighted by Crippen LogP contribution is 2.26. The number of hydrogen-bond acceptors (Lipinski definition) is 7. The lowest BCUT2D eigenvalue weighted by molar-refractivity contribution is 0.398. The van der Waals surface area contributed by atoms with Crippen molar-refractivity contribution < 1.29 is 4.42 Å². The number of anilines is 1. The first kappa shape index (κ1) is 12.0. The van der Waals surface area contributed by atoms with E-state index in [4.69, 9.17) is 15.4 Å². The van der Waals surface area contributed by atoms with Crippen molar-refractivity contribution in [3.8, 4) is 17.7 Å². The van der Waals surface area contributed by atoms with Gasteiger partial charge in [0, 0.05) is 5.41 Å². The van der Waals surface area contributed by atoms with E-state index < -0.39 is 0 Å². The van der Waals surface area contributed by atoms with Crippen LogP contribution in [0, 0.1) is 11.3 Å². The average Bonchev–Trinajstić information content (AvgIpc) is 2.78. The van der Waals surface area contributed by atoms with Gasteiger partial charge in [-0.2, -0.15) is 5.26 Å². The summed E-state index contributed by atoms with van der Waals surface area (Å²) in [6.07, 6.45) is 1.29. The smallest absolute Gasteiger partial charge is 0.270 e. The maximum atomic E-state index is 8.77. The van der Waals surface area contributed by atoms with Gasteiger partial charge in [0.25, 0.3) is 5.89 Å². The fourth-order valence-electron chi connectivity index (χ4n) is 1.23. The molecule has 2 aromatic heterocycles. The molecule has 2 heterocycles. The molecular formula is C11H12N6O. The van der Waals surface area contributed by atoms with Crippen LogP contribution in [0.15, 0.2) is 10.6 Å². The van der Waals surface area contributed by atoms with Gasteiger partial charge in [-0.05, 0) is 0 Å². The maximum Gasteiger partial charge on any atom is 0.270 e. The molecule has 0 aliphatic rings. The lowest BCUT2D eigenvalue weighted by Gasteiger charge is -2.10. The number of nitriles is 1. The first-order valence-corrected chi connectivity index (χ1v) is 5.29. The summed E-state index contributed by atoms with van der Waals surface area (Å²) in [4.78, 5) is 7.87. The predicted molar refractivity (Wildman–Crippen MR) is 63.2 cm³/mol. The zero-order valence-corrected chi connectivity index (χ0v) is 10.3. The van der Waals surface area contributed by atoms with E-state index in [0.717, 1.165) is 0 Å². The molecule has 0 atom stereocenters. The van der Waals surface area contributed by atoms with Crippen molar-refractivity contribution in [3.63, 3.8) is 0 Å². The minimum Gasteiger partial charge on any atom is -0.419 e. The van der Waals surface area contributed by atoms with E-state index >= 15 is 0 Å². The van der Waals surface area contributed by atoms with Gasteiger partial charge in [-0.1, -0.05) is 20.8 Å². The molecule has 0 aliphatic carbocycles. The topological polar surface area (TPSA) is 115 Å². The molecule has 92 valence electrons. The fourth-order valence-corrected chi connectivity index (χ4v) is 1.23. The van der Waals surface area contributed by atoms with Crippen LogP contribution >= 0.6 is 0 Å². The molecule has 0 saturated heterocycles. The van der Waals surface area contributed by atoms with Crippen molar-refractivity contribution in [2.45, 2.75) is 26.2 Å². The third-order valence-electron chi connectivity index (χ3n) is 2.18. The van der Waals surface area contributed by atoms with Crippen LogP contribution in [0.4, 0.5) is 5.82 Å². The van der Waals surface area contributed by atoms with Crippen LogP contribution in [0.5, 0.6) is 0 Å². The molecule has 0 aromatic carbocycles. The quantitative estimate of drug-likeness (QED) is 0.803. The number of hydrogen-bond donors (Lipinski definition) is 1. The highest BCUT2D eigenvalue weighted by atomic mass is 16.4. The summed E-state index contributed by atoms with van der Waals surface area (Å²) in [5.41, 5.74) is 5.80. The first-order chi connectivity index (χ1) is 8.41. The normalized spacial score (nSPS) is 11.2. The Balaban J connectivity index is 2.50. The minimum atomic E-state index is -0.264. The van der Waals surface area contributed by atoms with Gasteiger partial charge in [0.15, 0.2) is 17.2 Å². The molecule has 0 spiro atoms. The summed E-state index contributed by atoms with van der Waals surface area (Å²) in [5.74, 6) is 0.793. The number of nitrogens with zero attached hydrogens (tertiary/aromatic N) is 5. The van der Waals surface area contributed by atoms with Gasteiger partial charge in [0.2, 0.25) is 5.89 Å². The molecule has 7 nitrogen and oxygen atoms in total. The molecule has 0 unspecified atom stereocenters. The zero-order valence-electron chi connectivity index (χ0n) is 10.3. The van der Waals surface area contributed by atoms with Gasteiger partial charge in [-0.15, -0.1) is 10.2 Å². The van der Waals surface area contributed by atoms with Crippen LogP contribution in [0.2, 0.25) is 0 Å². The van der Waals surface area contributed by atoms with E-state index in [0.29, 0.717) is 5.89 Å². The van der Waals surface area contributed by atoms with Crippen molar-refractivity contribution in [2.24, 2.45) is 0 Å². The molecule has 0 bridgehead atoms. The summed E-state index contributed by atoms with van der Waals surface area (Å²) in [6, 6.07) is 1.88. The van der Waals surface area contributed by atoms with Crippen LogP contribution in [-0.4, -0.2) is 20.2 Å². The molecule has 2 rings (SSSR count). The zero-order chi connectivity index (χ0) is 13.3. The average molecular weight is 244 g/mol. The third-order valence-corrected chi connectivity index (χ3v) is 2.18. The molecule has 2 aromatic rings. The monoisotopic (exact) mass is 244 g/mol. The first-order valence-electron chi connectivity index (χ1n) is 5.29. The van der Waals surface area contributed by atoms with Crippen molar-refractivity contribution in [1.82, 2.24) is 20.2 Å². The van der Waals surface area contributed by atoms with Crippen LogP contribution < -0.4 is 5.73 Å². The van der Waals surface area contributed by atoms with Crippen LogP contribution in [0.3, 0.4) is 0 Å². The Morgan fingerprint density at radius 1 is 1.33 bits per heavy atom. The van der Waals surface area contributed by atoms with Gasteiger partial charge in [-0.3, -0.25) is 0 Å². The molecular weight excluding hydrogens is 232 g/mol. The highest BCUT2D eigenvalue weighted by Gasteiger charge is 2.23. The SMILES string of the molecule is CC(C)(C)c1nnc(-c2nc(C#N)cnc2N)o1. The van der Waals surface area contributed by atoms with Gasteiger partial charge >= 0.3 is 0 Å². The van der Waals surface area contributed by atoms with E-state index in [2.05, 4.69) is 20.2 Å². The van der Waals surface area contributed by atoms with Gasteiger partial charge in [0.1, 0.15) is 6.07 Å². The summed E-state index contributed by atoms with van der Waals surface area (Å²) >= 11 is 0. The predicted octanol–water partition coefficient (Wildman–Crippen LogP) is 1.28. The summed E-state index contributed by atoms with van der Waals surface area (Å²) in [6.45, 7) is 5.85. The Kier molecular flexibility index (Phi) is 2.71. The Bertz CT molecular complexity index is 619. The highest BCUT2D eigenvalue weighted by molar-refractivity contribution is 5.62. The van der Waals surface area contributed by atoms with E-state index in [1.54, 1.807) is 0 Å². The molecule has 0 aliphatic heterocycles. The lowest BCUT2D eigenvalue weighted by Crippen LogP contribution is -2.11. The van der Waals surface area contributed by atoms with Crippen molar-refractivity contribution >= 4 is 5.82 Å². The van der Waals surface area contributed by atoms with E-state index in [9.17, 15) is 0 Å². The van der Waals surface area contributed by atoms with Crippen molar-refractivity contribution in [1.29, 1.82) is 5.26 Å². The Labute approximate surface area is 104 Å². The lowest BCUT2D eigenvalue weighted by atomic mass is 9.97. The van der Waals surface area contributed by atoms with E-state index in [-0.39, 0.29) is 28.5 Å². The maximum absolute atomic E-state index is 8.77. The standard InChI is InChI=1S/C11H12N6O/c1-11(2,3)10-17-16-9(18-10)7-8(13)14-5-6(4-12)15-7/h5H,1-3H3,(H2,13,14). The van der Waals surface area contributed by atoms with Gasteiger partial charge in [-0.25, -0.2) is 9.97 Å². The Hall–Kier alpha value is -2.49. The molecule has 7 heteroatoms. The van der Waals surface area contributed by atoms with Crippen LogP contribution in [-0.2, 0) is 5.41 Å². The largest absolute Gasteiger partial charge is 0.419 e. The minimum absolute atomic E-state index is 0.148. The second-order valence-electron chi connectivity index (χ2n) is 4.76. The third kappa shape index (κ3) is 2.13. The van der Waals surface area contributed by atoms with Crippen LogP contribution in [0.25, 0.3) is 11.6 Å². The number of nitrogen functional groups attached to an aromatic ring is 1. The van der Waals surface area contributed by atoms with Crippen molar-refractivity contribution in [2.75, 3.05) is 5.73 Å². The summed E-state index contributed by atoms with van der Waals surface area (Å²) in [5, 5.41) is 16.6. The van der Waals surface area contributed by atoms with Gasteiger partial charge < -0.3 is 10.2 Å². The molecule has 18 heavy (non-hydrogen) atoms. The Morgan fingerprint density at radius 2 is 2.06 bits per heavy atom. The summed E-state index contributed by atoms with van der Waals surface area (Å²) < 4.78 is 5.50. The summed E-state index contributed by atoms with van der Waals surface area (Å²) in [7, 11) is 0. The van der Waals surface area contributed by atoms with Gasteiger partial charge in [0.05, 0.1) is 6.20 Å². The van der Waals surface area contributed by atoms with Crippen molar-refractivity contribution in [3.05, 3.63) is 17.8 Å².